The molecule has 0 saturated heterocycles. The number of allylic oxidation sites excluding steroid dienone is 3. The molecule has 1 aliphatic rings. The van der Waals surface area contributed by atoms with Crippen molar-refractivity contribution in [1.29, 1.82) is 0 Å². The minimum atomic E-state index is -0.0785. The van der Waals surface area contributed by atoms with Crippen molar-refractivity contribution in [1.82, 2.24) is 0 Å². The van der Waals surface area contributed by atoms with Gasteiger partial charge in [-0.1, -0.05) is 49.4 Å². The summed E-state index contributed by atoms with van der Waals surface area (Å²) >= 11 is 0. The molecule has 0 spiro atoms. The van der Waals surface area contributed by atoms with Gasteiger partial charge in [0.1, 0.15) is 0 Å². The lowest BCUT2D eigenvalue weighted by Crippen LogP contribution is -2.39. The first kappa shape index (κ1) is 11.2. The van der Waals surface area contributed by atoms with E-state index in [1.807, 2.05) is 0 Å². The standard InChI is InChI=1S/C15H19N/c1-11-7-6-10-15(3,12(2)16)14-9-5-4-8-13(11)14/h4-10,12H,16H2,1-3H3. The number of fused-ring (bicyclic) bond motifs is 1. The highest BCUT2D eigenvalue weighted by Crippen LogP contribution is 2.36. The number of nitrogens with two attached hydrogens (primary N) is 1. The van der Waals surface area contributed by atoms with Gasteiger partial charge in [0.15, 0.2) is 0 Å². The van der Waals surface area contributed by atoms with Crippen LogP contribution in [0.4, 0.5) is 0 Å². The Labute approximate surface area is 97.7 Å². The van der Waals surface area contributed by atoms with Gasteiger partial charge in [-0.3, -0.25) is 0 Å². The van der Waals surface area contributed by atoms with E-state index in [1.54, 1.807) is 0 Å². The molecule has 16 heavy (non-hydrogen) atoms. The zero-order valence-corrected chi connectivity index (χ0v) is 10.2. The van der Waals surface area contributed by atoms with Crippen molar-refractivity contribution >= 4 is 5.57 Å². The molecule has 1 aromatic carbocycles. The molecule has 0 radical (unpaired) electrons. The summed E-state index contributed by atoms with van der Waals surface area (Å²) in [6, 6.07) is 8.64. The summed E-state index contributed by atoms with van der Waals surface area (Å²) in [5.74, 6) is 0. The molecule has 2 rings (SSSR count). The lowest BCUT2D eigenvalue weighted by Gasteiger charge is -2.32. The van der Waals surface area contributed by atoms with Crippen LogP contribution in [0.3, 0.4) is 0 Å². The molecule has 2 atom stereocenters. The Hall–Kier alpha value is -1.34. The molecule has 0 bridgehead atoms. The number of hydrogen-bond acceptors (Lipinski definition) is 1. The lowest BCUT2D eigenvalue weighted by molar-refractivity contribution is 0.487. The van der Waals surface area contributed by atoms with E-state index >= 15 is 0 Å². The molecule has 1 heteroatoms. The van der Waals surface area contributed by atoms with Crippen molar-refractivity contribution < 1.29 is 0 Å². The second-order valence-corrected chi connectivity index (χ2v) is 4.83. The first-order valence-electron chi connectivity index (χ1n) is 5.77. The van der Waals surface area contributed by atoms with Gasteiger partial charge in [-0.05, 0) is 30.5 Å². The second-order valence-electron chi connectivity index (χ2n) is 4.83. The fourth-order valence-corrected chi connectivity index (χ4v) is 2.27. The first-order chi connectivity index (χ1) is 7.55. The molecule has 1 nitrogen and oxygen atoms in total. The predicted octanol–water partition coefficient (Wildman–Crippen LogP) is 3.26. The second kappa shape index (κ2) is 3.91. The zero-order valence-electron chi connectivity index (χ0n) is 10.2. The van der Waals surface area contributed by atoms with E-state index in [0.29, 0.717) is 0 Å². The summed E-state index contributed by atoms with van der Waals surface area (Å²) in [6.07, 6.45) is 6.50. The highest BCUT2D eigenvalue weighted by atomic mass is 14.7. The fourth-order valence-electron chi connectivity index (χ4n) is 2.27. The summed E-state index contributed by atoms with van der Waals surface area (Å²) in [5, 5.41) is 0. The summed E-state index contributed by atoms with van der Waals surface area (Å²) in [5.41, 5.74) is 10.0. The molecule has 0 heterocycles. The molecule has 0 aliphatic heterocycles. The Bertz CT molecular complexity index is 454. The van der Waals surface area contributed by atoms with Gasteiger partial charge in [0, 0.05) is 11.5 Å². The third-order valence-electron chi connectivity index (χ3n) is 3.67. The molecule has 84 valence electrons. The lowest BCUT2D eigenvalue weighted by atomic mass is 9.74. The Morgan fingerprint density at radius 2 is 1.94 bits per heavy atom. The largest absolute Gasteiger partial charge is 0.327 e. The average molecular weight is 213 g/mol. The van der Waals surface area contributed by atoms with Crippen LogP contribution < -0.4 is 5.73 Å². The van der Waals surface area contributed by atoms with E-state index < -0.39 is 0 Å². The van der Waals surface area contributed by atoms with Gasteiger partial charge in [0.05, 0.1) is 0 Å². The Morgan fingerprint density at radius 1 is 1.25 bits per heavy atom. The van der Waals surface area contributed by atoms with Crippen molar-refractivity contribution in [2.24, 2.45) is 5.73 Å². The topological polar surface area (TPSA) is 26.0 Å². The average Bonchev–Trinajstić information content (AvgIpc) is 2.40. The molecular formula is C15H19N. The van der Waals surface area contributed by atoms with E-state index in [2.05, 4.69) is 63.3 Å². The van der Waals surface area contributed by atoms with Crippen LogP contribution in [0, 0.1) is 0 Å². The van der Waals surface area contributed by atoms with E-state index in [9.17, 15) is 0 Å². The van der Waals surface area contributed by atoms with Crippen LogP contribution in [-0.4, -0.2) is 6.04 Å². The SMILES string of the molecule is CC1=CC=CC(C)(C(C)N)c2ccccc21. The quantitative estimate of drug-likeness (QED) is 0.761. The van der Waals surface area contributed by atoms with Gasteiger partial charge < -0.3 is 5.73 Å². The molecular weight excluding hydrogens is 194 g/mol. The Balaban J connectivity index is 2.68. The van der Waals surface area contributed by atoms with Gasteiger partial charge in [0.25, 0.3) is 0 Å². The molecule has 0 aromatic heterocycles. The van der Waals surface area contributed by atoms with E-state index in [4.69, 9.17) is 5.73 Å². The van der Waals surface area contributed by atoms with E-state index in [1.165, 1.54) is 16.7 Å². The monoisotopic (exact) mass is 213 g/mol. The third kappa shape index (κ3) is 1.61. The summed E-state index contributed by atoms with van der Waals surface area (Å²) < 4.78 is 0. The Morgan fingerprint density at radius 3 is 2.62 bits per heavy atom. The molecule has 0 fully saturated rings. The molecule has 2 N–H and O–H groups in total. The van der Waals surface area contributed by atoms with Crippen molar-refractivity contribution in [3.05, 3.63) is 53.6 Å². The van der Waals surface area contributed by atoms with Crippen molar-refractivity contribution in [2.75, 3.05) is 0 Å². The van der Waals surface area contributed by atoms with Crippen LogP contribution in [-0.2, 0) is 5.41 Å². The van der Waals surface area contributed by atoms with Crippen LogP contribution in [0.25, 0.3) is 5.57 Å². The number of hydrogen-bond donors (Lipinski definition) is 1. The minimum absolute atomic E-state index is 0.0785. The van der Waals surface area contributed by atoms with Crippen molar-refractivity contribution in [3.63, 3.8) is 0 Å². The van der Waals surface area contributed by atoms with Crippen molar-refractivity contribution in [2.45, 2.75) is 32.2 Å². The summed E-state index contributed by atoms with van der Waals surface area (Å²) in [7, 11) is 0. The fraction of sp³-hybridized carbons (Fsp3) is 0.333. The first-order valence-corrected chi connectivity index (χ1v) is 5.77. The highest BCUT2D eigenvalue weighted by molar-refractivity contribution is 5.71. The van der Waals surface area contributed by atoms with Crippen LogP contribution in [0.5, 0.6) is 0 Å². The van der Waals surface area contributed by atoms with Crippen LogP contribution in [0.2, 0.25) is 0 Å². The molecule has 1 aliphatic carbocycles. The van der Waals surface area contributed by atoms with Crippen LogP contribution in [0.15, 0.2) is 42.5 Å². The van der Waals surface area contributed by atoms with Gasteiger partial charge in [-0.2, -0.15) is 0 Å². The third-order valence-corrected chi connectivity index (χ3v) is 3.67. The van der Waals surface area contributed by atoms with Gasteiger partial charge in [0.2, 0.25) is 0 Å². The highest BCUT2D eigenvalue weighted by Gasteiger charge is 2.31. The summed E-state index contributed by atoms with van der Waals surface area (Å²) in [6.45, 7) is 6.43. The smallest absolute Gasteiger partial charge is 0.0261 e. The Kier molecular flexibility index (Phi) is 2.73. The molecule has 1 aromatic rings. The molecule has 0 saturated carbocycles. The molecule has 0 amide bonds. The van der Waals surface area contributed by atoms with Crippen molar-refractivity contribution in [3.8, 4) is 0 Å². The van der Waals surface area contributed by atoms with Crippen LogP contribution >= 0.6 is 0 Å². The maximum absolute atomic E-state index is 6.16. The number of benzene rings is 1. The minimum Gasteiger partial charge on any atom is -0.327 e. The normalized spacial score (nSPS) is 25.6. The zero-order chi connectivity index (χ0) is 11.8. The van der Waals surface area contributed by atoms with E-state index in [-0.39, 0.29) is 11.5 Å². The summed E-state index contributed by atoms with van der Waals surface area (Å²) in [4.78, 5) is 0. The van der Waals surface area contributed by atoms with Gasteiger partial charge >= 0.3 is 0 Å². The maximum atomic E-state index is 6.16. The van der Waals surface area contributed by atoms with Crippen LogP contribution in [0.1, 0.15) is 31.9 Å². The number of rotatable bonds is 1. The van der Waals surface area contributed by atoms with Gasteiger partial charge in [-0.25, -0.2) is 0 Å². The maximum Gasteiger partial charge on any atom is 0.0261 e. The van der Waals surface area contributed by atoms with E-state index in [0.717, 1.165) is 0 Å². The molecule has 2 unspecified atom stereocenters. The van der Waals surface area contributed by atoms with Gasteiger partial charge in [-0.15, -0.1) is 0 Å². The predicted molar refractivity (Wildman–Crippen MR) is 70.2 cm³/mol.